The molecule has 0 fully saturated rings. The Morgan fingerprint density at radius 2 is 2.00 bits per heavy atom. The molecule has 2 aromatic carbocycles. The van der Waals surface area contributed by atoms with Crippen LogP contribution in [0.1, 0.15) is 11.1 Å². The summed E-state index contributed by atoms with van der Waals surface area (Å²) in [4.78, 5) is 0.316. The zero-order valence-corrected chi connectivity index (χ0v) is 13.4. The summed E-state index contributed by atoms with van der Waals surface area (Å²) in [6.07, 6.45) is 0. The van der Waals surface area contributed by atoms with Crippen LogP contribution in [0.5, 0.6) is 0 Å². The topological polar surface area (TPSA) is 38.0 Å². The van der Waals surface area contributed by atoms with E-state index in [0.717, 1.165) is 27.0 Å². The van der Waals surface area contributed by atoms with E-state index >= 15 is 0 Å². The lowest BCUT2D eigenvalue weighted by molar-refractivity contribution is 1.43. The van der Waals surface area contributed by atoms with Gasteiger partial charge in [-0.15, -0.1) is 0 Å². The highest BCUT2D eigenvalue weighted by Gasteiger charge is 2.07. The molecule has 2 nitrogen and oxygen atoms in total. The van der Waals surface area contributed by atoms with Crippen molar-refractivity contribution in [2.75, 3.05) is 5.32 Å². The molecule has 0 saturated heterocycles. The Morgan fingerprint density at radius 3 is 2.63 bits per heavy atom. The van der Waals surface area contributed by atoms with Gasteiger partial charge in [0, 0.05) is 26.4 Å². The predicted molar refractivity (Wildman–Crippen MR) is 89.5 cm³/mol. The third-order valence-corrected chi connectivity index (χ3v) is 3.48. The number of halogens is 2. The van der Waals surface area contributed by atoms with Crippen LogP contribution in [0.15, 0.2) is 40.9 Å². The van der Waals surface area contributed by atoms with Crippen molar-refractivity contribution in [1.29, 1.82) is 0 Å². The fourth-order valence-corrected chi connectivity index (χ4v) is 2.74. The number of hydrogen-bond acceptors (Lipinski definition) is 2. The van der Waals surface area contributed by atoms with E-state index in [9.17, 15) is 0 Å². The maximum absolute atomic E-state index is 5.96. The van der Waals surface area contributed by atoms with Gasteiger partial charge in [-0.2, -0.15) is 0 Å². The van der Waals surface area contributed by atoms with E-state index in [1.165, 1.54) is 0 Å². The first-order chi connectivity index (χ1) is 8.95. The molecule has 0 amide bonds. The largest absolute Gasteiger partial charge is 0.389 e. The van der Waals surface area contributed by atoms with Gasteiger partial charge in [-0.05, 0) is 48.9 Å². The minimum atomic E-state index is 0.316. The minimum Gasteiger partial charge on any atom is -0.389 e. The van der Waals surface area contributed by atoms with E-state index in [2.05, 4.69) is 21.2 Å². The first kappa shape index (κ1) is 14.3. The lowest BCUT2D eigenvalue weighted by Crippen LogP contribution is -2.12. The second kappa shape index (κ2) is 5.90. The molecule has 0 aliphatic heterocycles. The fourth-order valence-electron chi connectivity index (χ4n) is 1.79. The molecule has 0 aliphatic carbocycles. The van der Waals surface area contributed by atoms with Gasteiger partial charge in [0.2, 0.25) is 0 Å². The number of benzene rings is 2. The van der Waals surface area contributed by atoms with E-state index in [1.54, 1.807) is 12.1 Å². The van der Waals surface area contributed by atoms with Crippen molar-refractivity contribution >= 4 is 56.1 Å². The van der Waals surface area contributed by atoms with E-state index in [4.69, 9.17) is 29.6 Å². The van der Waals surface area contributed by atoms with Crippen LogP contribution in [-0.4, -0.2) is 4.99 Å². The number of thiocarbonyl (C=S) groups is 1. The van der Waals surface area contributed by atoms with Gasteiger partial charge in [-0.25, -0.2) is 0 Å². The summed E-state index contributed by atoms with van der Waals surface area (Å²) >= 11 is 14.5. The van der Waals surface area contributed by atoms with Gasteiger partial charge < -0.3 is 11.1 Å². The molecule has 2 rings (SSSR count). The maximum atomic E-state index is 5.96. The van der Waals surface area contributed by atoms with Gasteiger partial charge in [0.05, 0.1) is 0 Å². The van der Waals surface area contributed by atoms with Crippen molar-refractivity contribution in [3.05, 3.63) is 57.0 Å². The number of nitrogens with one attached hydrogen (secondary N) is 1. The zero-order chi connectivity index (χ0) is 14.0. The van der Waals surface area contributed by atoms with E-state index in [1.807, 2.05) is 31.2 Å². The second-order valence-corrected chi connectivity index (χ2v) is 5.99. The molecule has 3 N–H and O–H groups in total. The Bertz CT molecular complexity index is 623. The summed E-state index contributed by atoms with van der Waals surface area (Å²) in [5, 5.41) is 3.92. The molecular weight excluding hydrogens is 344 g/mol. The van der Waals surface area contributed by atoms with Crippen LogP contribution in [0.2, 0.25) is 5.02 Å². The highest BCUT2D eigenvalue weighted by molar-refractivity contribution is 9.10. The van der Waals surface area contributed by atoms with Crippen LogP contribution in [0.3, 0.4) is 0 Å². The van der Waals surface area contributed by atoms with Gasteiger partial charge in [-0.1, -0.05) is 39.7 Å². The van der Waals surface area contributed by atoms with Crippen LogP contribution in [0, 0.1) is 6.92 Å². The number of aryl methyl sites for hydroxylation is 1. The van der Waals surface area contributed by atoms with Crippen molar-refractivity contribution in [3.8, 4) is 0 Å². The van der Waals surface area contributed by atoms with Crippen LogP contribution in [0.25, 0.3) is 0 Å². The third kappa shape index (κ3) is 3.69. The van der Waals surface area contributed by atoms with Gasteiger partial charge in [0.25, 0.3) is 0 Å². The lowest BCUT2D eigenvalue weighted by Gasteiger charge is -2.12. The Hall–Kier alpha value is -1.10. The molecule has 0 bridgehead atoms. The molecular formula is C14H12BrClN2S. The van der Waals surface area contributed by atoms with Crippen molar-refractivity contribution in [1.82, 2.24) is 0 Å². The number of rotatable bonds is 3. The molecule has 0 unspecified atom stereocenters. The van der Waals surface area contributed by atoms with Gasteiger partial charge >= 0.3 is 0 Å². The van der Waals surface area contributed by atoms with Crippen LogP contribution in [-0.2, 0) is 0 Å². The average molecular weight is 356 g/mol. The highest BCUT2D eigenvalue weighted by atomic mass is 79.9. The van der Waals surface area contributed by atoms with Crippen molar-refractivity contribution in [2.24, 2.45) is 5.73 Å². The Labute approximate surface area is 131 Å². The SMILES string of the molecule is Cc1cc(Br)cc(Nc2ccc(Cl)cc2C(N)=S)c1. The van der Waals surface area contributed by atoms with Crippen molar-refractivity contribution in [3.63, 3.8) is 0 Å². The molecule has 0 heterocycles. The summed E-state index contributed by atoms with van der Waals surface area (Å²) in [6, 6.07) is 11.5. The Morgan fingerprint density at radius 1 is 1.26 bits per heavy atom. The molecule has 0 spiro atoms. The predicted octanol–water partition coefficient (Wildman–Crippen LogP) is 4.79. The second-order valence-electron chi connectivity index (χ2n) is 4.20. The first-order valence-corrected chi connectivity index (χ1v) is 7.17. The zero-order valence-electron chi connectivity index (χ0n) is 10.2. The van der Waals surface area contributed by atoms with Crippen molar-refractivity contribution < 1.29 is 0 Å². The molecule has 0 aliphatic rings. The third-order valence-electron chi connectivity index (χ3n) is 2.57. The molecule has 5 heteroatoms. The van der Waals surface area contributed by atoms with Crippen LogP contribution >= 0.6 is 39.7 Å². The molecule has 0 radical (unpaired) electrons. The molecule has 98 valence electrons. The summed E-state index contributed by atoms with van der Waals surface area (Å²) < 4.78 is 1.01. The summed E-state index contributed by atoms with van der Waals surface area (Å²) in [5.74, 6) is 0. The normalized spacial score (nSPS) is 10.3. The Kier molecular flexibility index (Phi) is 4.45. The maximum Gasteiger partial charge on any atom is 0.106 e. The first-order valence-electron chi connectivity index (χ1n) is 5.59. The molecule has 0 aromatic heterocycles. The van der Waals surface area contributed by atoms with Gasteiger partial charge in [0.15, 0.2) is 0 Å². The minimum absolute atomic E-state index is 0.316. The van der Waals surface area contributed by atoms with Crippen molar-refractivity contribution in [2.45, 2.75) is 6.92 Å². The van der Waals surface area contributed by atoms with Crippen LogP contribution in [0.4, 0.5) is 11.4 Å². The molecule has 0 saturated carbocycles. The molecule has 0 atom stereocenters. The average Bonchev–Trinajstić information content (AvgIpc) is 2.30. The monoisotopic (exact) mass is 354 g/mol. The van der Waals surface area contributed by atoms with E-state index < -0.39 is 0 Å². The van der Waals surface area contributed by atoms with Crippen LogP contribution < -0.4 is 11.1 Å². The summed E-state index contributed by atoms with van der Waals surface area (Å²) in [7, 11) is 0. The van der Waals surface area contributed by atoms with Gasteiger partial charge in [-0.3, -0.25) is 0 Å². The number of anilines is 2. The standard InChI is InChI=1S/C14H12BrClN2S/c1-8-4-9(15)6-11(5-8)18-13-3-2-10(16)7-12(13)14(17)19/h2-7,18H,1H3,(H2,17,19). The highest BCUT2D eigenvalue weighted by Crippen LogP contribution is 2.26. The summed E-state index contributed by atoms with van der Waals surface area (Å²) in [5.41, 5.74) is 9.42. The van der Waals surface area contributed by atoms with E-state index in [0.29, 0.717) is 10.0 Å². The lowest BCUT2D eigenvalue weighted by atomic mass is 10.1. The summed E-state index contributed by atoms with van der Waals surface area (Å²) in [6.45, 7) is 2.03. The van der Waals surface area contributed by atoms with E-state index in [-0.39, 0.29) is 0 Å². The van der Waals surface area contributed by atoms with Gasteiger partial charge in [0.1, 0.15) is 4.99 Å². The smallest absolute Gasteiger partial charge is 0.106 e. The molecule has 2 aromatic rings. The quantitative estimate of drug-likeness (QED) is 0.778. The number of hydrogen-bond donors (Lipinski definition) is 2. The fraction of sp³-hybridized carbons (Fsp3) is 0.0714. The Balaban J connectivity index is 2.40. The number of nitrogens with two attached hydrogens (primary N) is 1. The molecule has 19 heavy (non-hydrogen) atoms.